The van der Waals surface area contributed by atoms with Crippen LogP contribution >= 0.6 is 0 Å². The molecule has 3 rings (SSSR count). The van der Waals surface area contributed by atoms with Crippen LogP contribution in [-0.2, 0) is 11.3 Å². The van der Waals surface area contributed by atoms with E-state index in [-0.39, 0.29) is 6.09 Å². The molecule has 0 aliphatic carbocycles. The van der Waals surface area contributed by atoms with Gasteiger partial charge in [0.15, 0.2) is 0 Å². The number of piperidine rings is 1. The van der Waals surface area contributed by atoms with E-state index < -0.39 is 5.60 Å². The lowest BCUT2D eigenvalue weighted by Crippen LogP contribution is -2.70. The van der Waals surface area contributed by atoms with Crippen LogP contribution in [0.3, 0.4) is 0 Å². The first-order valence-electron chi connectivity index (χ1n) is 8.22. The van der Waals surface area contributed by atoms with Gasteiger partial charge in [0.25, 0.3) is 0 Å². The number of carbonyl (C=O) groups is 1. The third kappa shape index (κ3) is 3.27. The molecule has 1 aromatic rings. The smallest absolute Gasteiger partial charge is 0.410 e. The fourth-order valence-electron chi connectivity index (χ4n) is 3.45. The van der Waals surface area contributed by atoms with Gasteiger partial charge in [-0.2, -0.15) is 0 Å². The number of ether oxygens (including phenoxy) is 1. The fraction of sp³-hybridized carbons (Fsp3) is 0.611. The van der Waals surface area contributed by atoms with E-state index in [9.17, 15) is 4.79 Å². The van der Waals surface area contributed by atoms with Crippen molar-refractivity contribution in [2.24, 2.45) is 0 Å². The number of nitrogens with zero attached hydrogens (tertiary/aromatic N) is 2. The largest absolute Gasteiger partial charge is 0.444 e. The van der Waals surface area contributed by atoms with E-state index in [1.807, 2.05) is 25.7 Å². The van der Waals surface area contributed by atoms with Gasteiger partial charge in [0.2, 0.25) is 0 Å². The van der Waals surface area contributed by atoms with E-state index in [1.165, 1.54) is 5.56 Å². The highest BCUT2D eigenvalue weighted by Crippen LogP contribution is 2.33. The molecule has 2 saturated heterocycles. The summed E-state index contributed by atoms with van der Waals surface area (Å²) in [6.07, 6.45) is 2.08. The van der Waals surface area contributed by atoms with Gasteiger partial charge in [0.1, 0.15) is 5.60 Å². The number of hydrogen-bond donors (Lipinski definition) is 0. The zero-order valence-corrected chi connectivity index (χ0v) is 13.8. The minimum Gasteiger partial charge on any atom is -0.444 e. The first-order valence-corrected chi connectivity index (χ1v) is 8.22. The minimum absolute atomic E-state index is 0.157. The molecule has 2 atom stereocenters. The summed E-state index contributed by atoms with van der Waals surface area (Å²) in [6.45, 7) is 8.66. The summed E-state index contributed by atoms with van der Waals surface area (Å²) >= 11 is 0. The van der Waals surface area contributed by atoms with Crippen LogP contribution in [0.1, 0.15) is 39.2 Å². The average molecular weight is 302 g/mol. The van der Waals surface area contributed by atoms with Crippen LogP contribution in [0.4, 0.5) is 4.79 Å². The summed E-state index contributed by atoms with van der Waals surface area (Å²) in [5.74, 6) is 0. The summed E-state index contributed by atoms with van der Waals surface area (Å²) < 4.78 is 5.51. The number of rotatable bonds is 2. The topological polar surface area (TPSA) is 32.8 Å². The molecule has 1 amide bonds. The van der Waals surface area contributed by atoms with Gasteiger partial charge in [-0.15, -0.1) is 0 Å². The number of fused-ring (bicyclic) bond motifs is 1. The van der Waals surface area contributed by atoms with Crippen LogP contribution < -0.4 is 0 Å². The second kappa shape index (κ2) is 5.92. The second-order valence-corrected chi connectivity index (χ2v) is 7.37. The lowest BCUT2D eigenvalue weighted by molar-refractivity contribution is -0.0705. The van der Waals surface area contributed by atoms with Crippen molar-refractivity contribution >= 4 is 6.09 Å². The van der Waals surface area contributed by atoms with Gasteiger partial charge >= 0.3 is 6.09 Å². The Morgan fingerprint density at radius 1 is 1.23 bits per heavy atom. The Labute approximate surface area is 133 Å². The summed E-state index contributed by atoms with van der Waals surface area (Å²) in [6, 6.07) is 11.4. The molecule has 0 bridgehead atoms. The normalized spacial score (nSPS) is 25.3. The molecule has 2 aliphatic rings. The van der Waals surface area contributed by atoms with Crippen LogP contribution in [0.25, 0.3) is 0 Å². The predicted octanol–water partition coefficient (Wildman–Crippen LogP) is 3.27. The lowest BCUT2D eigenvalue weighted by atomic mass is 9.87. The van der Waals surface area contributed by atoms with Crippen molar-refractivity contribution in [3.05, 3.63) is 35.9 Å². The van der Waals surface area contributed by atoms with E-state index in [0.717, 1.165) is 32.5 Å². The molecule has 0 N–H and O–H groups in total. The van der Waals surface area contributed by atoms with Crippen molar-refractivity contribution in [3.63, 3.8) is 0 Å². The molecule has 0 aromatic heterocycles. The molecule has 0 saturated carbocycles. The van der Waals surface area contributed by atoms with E-state index in [0.29, 0.717) is 12.1 Å². The maximum absolute atomic E-state index is 12.2. The molecule has 2 aliphatic heterocycles. The van der Waals surface area contributed by atoms with Gasteiger partial charge in [0.05, 0.1) is 6.04 Å². The van der Waals surface area contributed by atoms with E-state index in [2.05, 4.69) is 35.2 Å². The number of hydrogen-bond acceptors (Lipinski definition) is 3. The highest BCUT2D eigenvalue weighted by Gasteiger charge is 2.47. The SMILES string of the molecule is CC(C)(C)OC(=O)N1CC2C1CCCN2Cc1ccccc1. The van der Waals surface area contributed by atoms with E-state index in [4.69, 9.17) is 4.74 Å². The molecule has 120 valence electrons. The van der Waals surface area contributed by atoms with Crippen molar-refractivity contribution in [3.8, 4) is 0 Å². The predicted molar refractivity (Wildman–Crippen MR) is 86.6 cm³/mol. The molecular weight excluding hydrogens is 276 g/mol. The van der Waals surface area contributed by atoms with Crippen LogP contribution in [-0.4, -0.2) is 46.7 Å². The van der Waals surface area contributed by atoms with Gasteiger partial charge in [0, 0.05) is 19.1 Å². The number of likely N-dealkylation sites (tertiary alicyclic amines) is 2. The van der Waals surface area contributed by atoms with E-state index in [1.54, 1.807) is 0 Å². The van der Waals surface area contributed by atoms with Crippen molar-refractivity contribution < 1.29 is 9.53 Å². The summed E-state index contributed by atoms with van der Waals surface area (Å²) in [7, 11) is 0. The van der Waals surface area contributed by atoms with Crippen molar-refractivity contribution in [1.82, 2.24) is 9.80 Å². The number of amides is 1. The molecule has 4 heteroatoms. The molecule has 1 aromatic carbocycles. The van der Waals surface area contributed by atoms with Gasteiger partial charge in [-0.05, 0) is 45.7 Å². The van der Waals surface area contributed by atoms with Crippen LogP contribution in [0, 0.1) is 0 Å². The molecule has 0 radical (unpaired) electrons. The van der Waals surface area contributed by atoms with Crippen molar-refractivity contribution in [2.75, 3.05) is 13.1 Å². The van der Waals surface area contributed by atoms with Gasteiger partial charge in [-0.25, -0.2) is 4.79 Å². The quantitative estimate of drug-likeness (QED) is 0.840. The molecular formula is C18H26N2O2. The summed E-state index contributed by atoms with van der Waals surface area (Å²) in [5.41, 5.74) is 0.930. The molecule has 2 fully saturated rings. The highest BCUT2D eigenvalue weighted by molar-refractivity contribution is 5.70. The average Bonchev–Trinajstić information content (AvgIpc) is 2.40. The number of benzene rings is 1. The van der Waals surface area contributed by atoms with Crippen molar-refractivity contribution in [2.45, 2.75) is 57.8 Å². The molecule has 22 heavy (non-hydrogen) atoms. The monoisotopic (exact) mass is 302 g/mol. The Kier molecular flexibility index (Phi) is 4.13. The van der Waals surface area contributed by atoms with Crippen LogP contribution in [0.5, 0.6) is 0 Å². The minimum atomic E-state index is -0.416. The molecule has 0 spiro atoms. The fourth-order valence-corrected chi connectivity index (χ4v) is 3.45. The number of carbonyl (C=O) groups excluding carboxylic acids is 1. The Morgan fingerprint density at radius 2 is 1.95 bits per heavy atom. The Bertz CT molecular complexity index is 524. The Balaban J connectivity index is 1.60. The molecule has 4 nitrogen and oxygen atoms in total. The molecule has 2 heterocycles. The Hall–Kier alpha value is -1.55. The zero-order valence-electron chi connectivity index (χ0n) is 13.8. The van der Waals surface area contributed by atoms with Crippen LogP contribution in [0.2, 0.25) is 0 Å². The first-order chi connectivity index (χ1) is 10.4. The second-order valence-electron chi connectivity index (χ2n) is 7.37. The van der Waals surface area contributed by atoms with Crippen molar-refractivity contribution in [1.29, 1.82) is 0 Å². The Morgan fingerprint density at radius 3 is 2.64 bits per heavy atom. The maximum Gasteiger partial charge on any atom is 0.410 e. The van der Waals surface area contributed by atoms with Gasteiger partial charge < -0.3 is 9.64 Å². The van der Waals surface area contributed by atoms with Crippen LogP contribution in [0.15, 0.2) is 30.3 Å². The third-order valence-corrected chi connectivity index (χ3v) is 4.50. The molecule has 2 unspecified atom stereocenters. The van der Waals surface area contributed by atoms with Gasteiger partial charge in [-0.3, -0.25) is 4.90 Å². The maximum atomic E-state index is 12.2. The van der Waals surface area contributed by atoms with E-state index >= 15 is 0 Å². The third-order valence-electron chi connectivity index (χ3n) is 4.50. The lowest BCUT2D eigenvalue weighted by Gasteiger charge is -2.55. The summed E-state index contributed by atoms with van der Waals surface area (Å²) in [5, 5.41) is 0. The first kappa shape index (κ1) is 15.3. The highest BCUT2D eigenvalue weighted by atomic mass is 16.6. The standard InChI is InChI=1S/C18H26N2O2/c1-18(2,3)22-17(21)20-13-16-15(20)10-7-11-19(16)12-14-8-5-4-6-9-14/h4-6,8-9,15-16H,7,10-13H2,1-3H3. The zero-order chi connectivity index (χ0) is 15.7. The van der Waals surface area contributed by atoms with Gasteiger partial charge in [-0.1, -0.05) is 30.3 Å². The summed E-state index contributed by atoms with van der Waals surface area (Å²) in [4.78, 5) is 16.7.